The lowest BCUT2D eigenvalue weighted by molar-refractivity contribution is 0.0653. The van der Waals surface area contributed by atoms with E-state index in [1.165, 1.54) is 0 Å². The lowest BCUT2D eigenvalue weighted by Crippen LogP contribution is -2.53. The summed E-state index contributed by atoms with van der Waals surface area (Å²) in [5, 5.41) is 6.91. The summed E-state index contributed by atoms with van der Waals surface area (Å²) in [5.74, 6) is -0.0372. The summed E-state index contributed by atoms with van der Waals surface area (Å²) in [6.07, 6.45) is 4.91. The molecule has 0 spiro atoms. The molecule has 0 radical (unpaired) electrons. The van der Waals surface area contributed by atoms with Crippen LogP contribution in [0.3, 0.4) is 0 Å². The van der Waals surface area contributed by atoms with Crippen molar-refractivity contribution >= 4 is 27.7 Å². The van der Waals surface area contributed by atoms with Gasteiger partial charge < -0.3 is 9.84 Å². The molecule has 1 aliphatic carbocycles. The summed E-state index contributed by atoms with van der Waals surface area (Å²) in [6, 6.07) is 7.88. The van der Waals surface area contributed by atoms with E-state index in [1.807, 2.05) is 0 Å². The third-order valence-corrected chi connectivity index (χ3v) is 9.77. The van der Waals surface area contributed by atoms with Gasteiger partial charge in [-0.3, -0.25) is 19.3 Å². The predicted molar refractivity (Wildman–Crippen MR) is 128 cm³/mol. The van der Waals surface area contributed by atoms with Crippen molar-refractivity contribution in [2.75, 3.05) is 12.3 Å². The minimum atomic E-state index is -3.57. The minimum absolute atomic E-state index is 0.0635. The zero-order valence-electron chi connectivity index (χ0n) is 19.8. The van der Waals surface area contributed by atoms with E-state index in [2.05, 4.69) is 10.5 Å². The highest BCUT2D eigenvalue weighted by molar-refractivity contribution is 7.89. The first kappa shape index (κ1) is 23.4. The maximum absolute atomic E-state index is 13.3. The molecule has 2 aromatic rings. The standard InChI is InChI=1S/C25H28N4O6S/c30-23(21-14-22(35-27-21)15-6-7-15)26-16-12-17-8-9-18(13-16)29(17)36(33,34)11-3-10-28-24(31)19-4-1-2-5-20(19)25(28)32/h1-2,4-5,14-18H,3,6-13H2,(H,26,30)/t16-,17+,18-. The second-order valence-corrected chi connectivity index (χ2v) is 12.2. The number of imide groups is 1. The normalized spacial score (nSPS) is 25.9. The highest BCUT2D eigenvalue weighted by Gasteiger charge is 2.47. The Bertz CT molecular complexity index is 1280. The number of piperidine rings is 1. The Morgan fingerprint density at radius 1 is 1.03 bits per heavy atom. The number of benzene rings is 1. The second-order valence-electron chi connectivity index (χ2n) is 10.2. The van der Waals surface area contributed by atoms with Crippen LogP contribution in [0.15, 0.2) is 34.9 Å². The van der Waals surface area contributed by atoms with Gasteiger partial charge in [-0.05, 0) is 57.1 Å². The van der Waals surface area contributed by atoms with E-state index in [1.54, 1.807) is 34.6 Å². The van der Waals surface area contributed by atoms with Crippen molar-refractivity contribution in [2.24, 2.45) is 0 Å². The molecule has 1 aromatic heterocycles. The van der Waals surface area contributed by atoms with Crippen LogP contribution in [0.25, 0.3) is 0 Å². The van der Waals surface area contributed by atoms with Gasteiger partial charge in [0.2, 0.25) is 10.0 Å². The molecule has 3 aliphatic heterocycles. The summed E-state index contributed by atoms with van der Waals surface area (Å²) in [5.41, 5.74) is 0.997. The smallest absolute Gasteiger partial charge is 0.273 e. The summed E-state index contributed by atoms with van der Waals surface area (Å²) in [7, 11) is -3.57. The number of nitrogens with one attached hydrogen (secondary N) is 1. The molecular formula is C25H28N4O6S. The van der Waals surface area contributed by atoms with Crippen molar-refractivity contribution in [3.8, 4) is 0 Å². The fraction of sp³-hybridized carbons (Fsp3) is 0.520. The van der Waals surface area contributed by atoms with Crippen LogP contribution in [-0.4, -0.2) is 70.9 Å². The first-order chi connectivity index (χ1) is 17.3. The van der Waals surface area contributed by atoms with Crippen LogP contribution in [0.2, 0.25) is 0 Å². The fourth-order valence-corrected chi connectivity index (χ4v) is 7.87. The highest BCUT2D eigenvalue weighted by atomic mass is 32.2. The van der Waals surface area contributed by atoms with E-state index < -0.39 is 10.0 Å². The Kier molecular flexibility index (Phi) is 5.71. The van der Waals surface area contributed by atoms with Crippen LogP contribution in [0.1, 0.15) is 87.8 Å². The van der Waals surface area contributed by atoms with Crippen molar-refractivity contribution in [1.82, 2.24) is 19.7 Å². The first-order valence-electron chi connectivity index (χ1n) is 12.6. The molecule has 36 heavy (non-hydrogen) atoms. The van der Waals surface area contributed by atoms with Gasteiger partial charge in [0.1, 0.15) is 5.76 Å². The third kappa shape index (κ3) is 4.13. The molecule has 11 heteroatoms. The summed E-state index contributed by atoms with van der Waals surface area (Å²) >= 11 is 0. The maximum Gasteiger partial charge on any atom is 0.273 e. The van der Waals surface area contributed by atoms with Crippen LogP contribution < -0.4 is 5.32 Å². The molecule has 4 heterocycles. The minimum Gasteiger partial charge on any atom is -0.360 e. The molecule has 2 saturated heterocycles. The van der Waals surface area contributed by atoms with E-state index in [9.17, 15) is 22.8 Å². The van der Waals surface area contributed by atoms with Crippen LogP contribution in [0.5, 0.6) is 0 Å². The molecule has 1 N–H and O–H groups in total. The van der Waals surface area contributed by atoms with E-state index in [0.717, 1.165) is 36.3 Å². The molecule has 4 aliphatic rings. The molecule has 6 rings (SSSR count). The quantitative estimate of drug-likeness (QED) is 0.537. The predicted octanol–water partition coefficient (Wildman–Crippen LogP) is 2.29. The molecule has 3 amide bonds. The summed E-state index contributed by atoms with van der Waals surface area (Å²) in [4.78, 5) is 38.9. The molecule has 1 saturated carbocycles. The number of carbonyl (C=O) groups is 3. The Morgan fingerprint density at radius 2 is 1.67 bits per heavy atom. The van der Waals surface area contributed by atoms with E-state index in [4.69, 9.17) is 4.52 Å². The number of fused-ring (bicyclic) bond motifs is 3. The molecule has 3 fully saturated rings. The maximum atomic E-state index is 13.3. The number of hydrogen-bond donors (Lipinski definition) is 1. The fourth-order valence-electron chi connectivity index (χ4n) is 5.87. The molecule has 2 bridgehead atoms. The number of nitrogens with zero attached hydrogens (tertiary/aromatic N) is 3. The van der Waals surface area contributed by atoms with Gasteiger partial charge in [-0.2, -0.15) is 4.31 Å². The van der Waals surface area contributed by atoms with Gasteiger partial charge in [0.25, 0.3) is 17.7 Å². The monoisotopic (exact) mass is 512 g/mol. The molecular weight excluding hydrogens is 484 g/mol. The van der Waals surface area contributed by atoms with E-state index >= 15 is 0 Å². The Hall–Kier alpha value is -3.05. The highest BCUT2D eigenvalue weighted by Crippen LogP contribution is 2.40. The Labute approximate surface area is 209 Å². The molecule has 190 valence electrons. The molecule has 0 unspecified atom stereocenters. The number of carbonyl (C=O) groups excluding carboxylic acids is 3. The second kappa shape index (κ2) is 8.81. The van der Waals surface area contributed by atoms with Crippen LogP contribution >= 0.6 is 0 Å². The summed E-state index contributed by atoms with van der Waals surface area (Å²) < 4.78 is 33.4. The molecule has 3 atom stereocenters. The van der Waals surface area contributed by atoms with Crippen molar-refractivity contribution < 1.29 is 27.3 Å². The van der Waals surface area contributed by atoms with Crippen molar-refractivity contribution in [2.45, 2.75) is 69.0 Å². The van der Waals surface area contributed by atoms with Gasteiger partial charge in [0.15, 0.2) is 5.69 Å². The van der Waals surface area contributed by atoms with Gasteiger partial charge in [-0.15, -0.1) is 0 Å². The van der Waals surface area contributed by atoms with Gasteiger partial charge in [0.05, 0.1) is 16.9 Å². The zero-order chi connectivity index (χ0) is 25.0. The van der Waals surface area contributed by atoms with E-state index in [-0.39, 0.29) is 60.3 Å². The average molecular weight is 513 g/mol. The van der Waals surface area contributed by atoms with Crippen LogP contribution in [-0.2, 0) is 10.0 Å². The van der Waals surface area contributed by atoms with Gasteiger partial charge in [-0.25, -0.2) is 8.42 Å². The Balaban J connectivity index is 1.04. The van der Waals surface area contributed by atoms with Crippen LogP contribution in [0.4, 0.5) is 0 Å². The third-order valence-electron chi connectivity index (χ3n) is 7.73. The van der Waals surface area contributed by atoms with Crippen molar-refractivity contribution in [3.05, 3.63) is 52.9 Å². The van der Waals surface area contributed by atoms with Gasteiger partial charge in [0, 0.05) is 36.7 Å². The lowest BCUT2D eigenvalue weighted by Gasteiger charge is -2.38. The summed E-state index contributed by atoms with van der Waals surface area (Å²) in [6.45, 7) is 0.0635. The van der Waals surface area contributed by atoms with Crippen LogP contribution in [0, 0.1) is 0 Å². The average Bonchev–Trinajstić information content (AvgIpc) is 3.44. The number of rotatable bonds is 8. The van der Waals surface area contributed by atoms with Crippen molar-refractivity contribution in [3.63, 3.8) is 0 Å². The molecule has 10 nitrogen and oxygen atoms in total. The van der Waals surface area contributed by atoms with E-state index in [0.29, 0.717) is 29.9 Å². The lowest BCUT2D eigenvalue weighted by atomic mass is 9.99. The number of amides is 3. The number of sulfonamides is 1. The SMILES string of the molecule is O=C(N[C@H]1C[C@H]2CC[C@@H](C1)N2S(=O)(=O)CCCN1C(=O)c2ccccc2C1=O)c1cc(C2CC2)on1. The first-order valence-corrected chi connectivity index (χ1v) is 14.2. The largest absolute Gasteiger partial charge is 0.360 e. The van der Waals surface area contributed by atoms with Gasteiger partial charge >= 0.3 is 0 Å². The topological polar surface area (TPSA) is 130 Å². The number of hydrogen-bond acceptors (Lipinski definition) is 7. The zero-order valence-corrected chi connectivity index (χ0v) is 20.6. The number of aromatic nitrogens is 1. The van der Waals surface area contributed by atoms with Crippen molar-refractivity contribution in [1.29, 1.82) is 0 Å². The Morgan fingerprint density at radius 3 is 2.28 bits per heavy atom. The molecule has 1 aromatic carbocycles. The van der Waals surface area contributed by atoms with Gasteiger partial charge in [-0.1, -0.05) is 17.3 Å².